The molecule has 0 aromatic carbocycles. The molecule has 0 aliphatic rings. The number of hydrogen-bond donors (Lipinski definition) is 2. The highest BCUT2D eigenvalue weighted by molar-refractivity contribution is 6.45. The van der Waals surface area contributed by atoms with Gasteiger partial charge >= 0.3 is 0 Å². The van der Waals surface area contributed by atoms with E-state index in [2.05, 4.69) is 6.58 Å². The number of rotatable bonds is 3. The Hall–Kier alpha value is -0.123. The first-order valence-electron chi connectivity index (χ1n) is 3.37. The Labute approximate surface area is 64.4 Å². The summed E-state index contributed by atoms with van der Waals surface area (Å²) < 4.78 is 0. The van der Waals surface area contributed by atoms with Gasteiger partial charge in [0.25, 0.3) is 0 Å². The van der Waals surface area contributed by atoms with Gasteiger partial charge in [0.05, 0.1) is 20.3 Å². The van der Waals surface area contributed by atoms with E-state index < -0.39 is 20.3 Å². The van der Waals surface area contributed by atoms with Crippen molar-refractivity contribution in [1.29, 1.82) is 0 Å². The molecule has 0 fully saturated rings. The summed E-state index contributed by atoms with van der Waals surface area (Å²) in [6.45, 7) is 8.43. The molecular formula is C7H16O2Si. The van der Waals surface area contributed by atoms with Crippen LogP contribution in [0.15, 0.2) is 12.3 Å². The van der Waals surface area contributed by atoms with Gasteiger partial charge in [-0.05, 0) is 20.8 Å². The van der Waals surface area contributed by atoms with Gasteiger partial charge in [-0.15, -0.1) is 12.3 Å². The standard InChI is InChI=1S/C7H16O2Si/c1-5-10-7(4,9)6(2,3)8/h5,8-9H,1,10H2,2-4H3. The number of aliphatic hydroxyl groups is 2. The molecule has 0 radical (unpaired) electrons. The molecule has 60 valence electrons. The van der Waals surface area contributed by atoms with Crippen molar-refractivity contribution in [2.24, 2.45) is 0 Å². The quantitative estimate of drug-likeness (QED) is 0.560. The number of hydrogen-bond acceptors (Lipinski definition) is 2. The average molecular weight is 160 g/mol. The summed E-state index contributed by atoms with van der Waals surface area (Å²) in [5, 5.41) is 18.1. The minimum atomic E-state index is -1.01. The Morgan fingerprint density at radius 2 is 1.70 bits per heavy atom. The van der Waals surface area contributed by atoms with Crippen molar-refractivity contribution in [3.8, 4) is 0 Å². The molecule has 0 amide bonds. The molecule has 0 rings (SSSR count). The van der Waals surface area contributed by atoms with Gasteiger partial charge < -0.3 is 10.2 Å². The molecule has 1 unspecified atom stereocenters. The first-order valence-corrected chi connectivity index (χ1v) is 4.89. The summed E-state index contributed by atoms with van der Waals surface area (Å²) in [5.41, 5.74) is 0.728. The predicted molar refractivity (Wildman–Crippen MR) is 45.7 cm³/mol. The van der Waals surface area contributed by atoms with Gasteiger partial charge in [-0.25, -0.2) is 0 Å². The normalized spacial score (nSPS) is 19.3. The summed E-state index contributed by atoms with van der Waals surface area (Å²) in [4.78, 5) is 0. The van der Waals surface area contributed by atoms with Gasteiger partial charge in [-0.2, -0.15) is 0 Å². The van der Waals surface area contributed by atoms with Crippen LogP contribution >= 0.6 is 0 Å². The molecule has 10 heavy (non-hydrogen) atoms. The minimum absolute atomic E-state index is 0.785. The first-order chi connectivity index (χ1) is 4.31. The van der Waals surface area contributed by atoms with Crippen LogP contribution in [0.3, 0.4) is 0 Å². The molecule has 0 saturated carbocycles. The lowest BCUT2D eigenvalue weighted by Gasteiger charge is -2.34. The van der Waals surface area contributed by atoms with Gasteiger partial charge in [0.15, 0.2) is 0 Å². The summed E-state index contributed by atoms with van der Waals surface area (Å²) in [5.74, 6) is 0. The van der Waals surface area contributed by atoms with E-state index >= 15 is 0 Å². The highest BCUT2D eigenvalue weighted by atomic mass is 28.2. The largest absolute Gasteiger partial charge is 0.391 e. The zero-order chi connectivity index (χ0) is 8.41. The fraction of sp³-hybridized carbons (Fsp3) is 0.714. The van der Waals surface area contributed by atoms with E-state index in [9.17, 15) is 10.2 Å². The molecule has 1 atom stereocenters. The van der Waals surface area contributed by atoms with Gasteiger partial charge in [-0.3, -0.25) is 0 Å². The van der Waals surface area contributed by atoms with Gasteiger partial charge in [0.1, 0.15) is 0 Å². The zero-order valence-corrected chi connectivity index (χ0v) is 8.30. The zero-order valence-electron chi connectivity index (χ0n) is 6.89. The third-order valence-electron chi connectivity index (χ3n) is 1.86. The second-order valence-corrected chi connectivity index (χ2v) is 5.69. The van der Waals surface area contributed by atoms with E-state index in [0.29, 0.717) is 0 Å². The second kappa shape index (κ2) is 2.86. The highest BCUT2D eigenvalue weighted by Crippen LogP contribution is 2.19. The molecule has 3 heteroatoms. The maximum absolute atomic E-state index is 9.59. The van der Waals surface area contributed by atoms with Crippen LogP contribution in [-0.4, -0.2) is 30.6 Å². The van der Waals surface area contributed by atoms with Crippen LogP contribution in [0.4, 0.5) is 0 Å². The summed E-state index contributed by atoms with van der Waals surface area (Å²) in [7, 11) is -0.785. The fourth-order valence-corrected chi connectivity index (χ4v) is 1.59. The predicted octanol–water partition coefficient (Wildman–Crippen LogP) is -0.222. The Balaban J connectivity index is 4.23. The van der Waals surface area contributed by atoms with Crippen LogP contribution in [0.1, 0.15) is 20.8 Å². The Bertz CT molecular complexity index is 124. The second-order valence-electron chi connectivity index (χ2n) is 3.33. The summed E-state index contributed by atoms with van der Waals surface area (Å²) >= 11 is 0. The van der Waals surface area contributed by atoms with E-state index in [1.165, 1.54) is 0 Å². The Morgan fingerprint density at radius 3 is 1.80 bits per heavy atom. The van der Waals surface area contributed by atoms with Crippen molar-refractivity contribution >= 4 is 9.52 Å². The van der Waals surface area contributed by atoms with Crippen LogP contribution in [0.5, 0.6) is 0 Å². The SMILES string of the molecule is C=C[SiH2]C(C)(O)C(C)(C)O. The van der Waals surface area contributed by atoms with Gasteiger partial charge in [0.2, 0.25) is 0 Å². The van der Waals surface area contributed by atoms with E-state index in [4.69, 9.17) is 0 Å². The van der Waals surface area contributed by atoms with E-state index in [0.717, 1.165) is 0 Å². The first kappa shape index (κ1) is 9.88. The molecule has 0 aromatic rings. The highest BCUT2D eigenvalue weighted by Gasteiger charge is 2.35. The van der Waals surface area contributed by atoms with Gasteiger partial charge in [0, 0.05) is 0 Å². The average Bonchev–Trinajstić information content (AvgIpc) is 1.61. The monoisotopic (exact) mass is 160 g/mol. The lowest BCUT2D eigenvalue weighted by atomic mass is 10.0. The van der Waals surface area contributed by atoms with Crippen LogP contribution in [-0.2, 0) is 0 Å². The lowest BCUT2D eigenvalue weighted by Crippen LogP contribution is -2.51. The molecule has 0 aromatic heterocycles. The van der Waals surface area contributed by atoms with E-state index in [-0.39, 0.29) is 0 Å². The third kappa shape index (κ3) is 2.25. The maximum atomic E-state index is 9.59. The van der Waals surface area contributed by atoms with Crippen molar-refractivity contribution in [3.63, 3.8) is 0 Å². The molecule has 2 N–H and O–H groups in total. The fourth-order valence-electron chi connectivity index (χ4n) is 0.531. The lowest BCUT2D eigenvalue weighted by molar-refractivity contribution is -0.0678. The van der Waals surface area contributed by atoms with Crippen LogP contribution < -0.4 is 0 Å². The van der Waals surface area contributed by atoms with Crippen molar-refractivity contribution in [2.45, 2.75) is 31.6 Å². The minimum Gasteiger partial charge on any atom is -0.391 e. The topological polar surface area (TPSA) is 40.5 Å². The van der Waals surface area contributed by atoms with Crippen molar-refractivity contribution in [1.82, 2.24) is 0 Å². The van der Waals surface area contributed by atoms with Crippen LogP contribution in [0.2, 0.25) is 0 Å². The molecule has 2 nitrogen and oxygen atoms in total. The van der Waals surface area contributed by atoms with Gasteiger partial charge in [-0.1, -0.05) is 0 Å². The van der Waals surface area contributed by atoms with Crippen LogP contribution in [0, 0.1) is 0 Å². The summed E-state index contributed by atoms with van der Waals surface area (Å²) in [6.07, 6.45) is 0. The third-order valence-corrected chi connectivity index (χ3v) is 3.81. The maximum Gasteiger partial charge on any atom is 0.0857 e. The Kier molecular flexibility index (Phi) is 2.82. The summed E-state index contributed by atoms with van der Waals surface area (Å²) in [6, 6.07) is 0. The molecule has 0 bridgehead atoms. The molecule has 0 aliphatic carbocycles. The molecule has 0 heterocycles. The smallest absolute Gasteiger partial charge is 0.0857 e. The van der Waals surface area contributed by atoms with Crippen molar-refractivity contribution in [2.75, 3.05) is 0 Å². The van der Waals surface area contributed by atoms with E-state index in [1.807, 2.05) is 0 Å². The molecule has 0 saturated heterocycles. The molecule has 0 aliphatic heterocycles. The van der Waals surface area contributed by atoms with Crippen molar-refractivity contribution < 1.29 is 10.2 Å². The molecule has 0 spiro atoms. The van der Waals surface area contributed by atoms with Crippen LogP contribution in [0.25, 0.3) is 0 Å². The molecular weight excluding hydrogens is 144 g/mol. The Morgan fingerprint density at radius 1 is 1.30 bits per heavy atom. The van der Waals surface area contributed by atoms with Crippen molar-refractivity contribution in [3.05, 3.63) is 12.3 Å². The van der Waals surface area contributed by atoms with E-state index in [1.54, 1.807) is 26.5 Å².